The lowest BCUT2D eigenvalue weighted by atomic mass is 10.1. The highest BCUT2D eigenvalue weighted by Crippen LogP contribution is 2.43. The van der Waals surface area contributed by atoms with Crippen molar-refractivity contribution in [1.82, 2.24) is 0 Å². The number of fused-ring (bicyclic) bond motifs is 1. The Labute approximate surface area is 125 Å². The topological polar surface area (TPSA) is 59.0 Å². The number of hydrogen-bond donors (Lipinski definition) is 1. The van der Waals surface area contributed by atoms with Gasteiger partial charge in [0.05, 0.1) is 18.9 Å². The van der Waals surface area contributed by atoms with Gasteiger partial charge in [-0.1, -0.05) is 13.8 Å². The zero-order valence-electron chi connectivity index (χ0n) is 13.0. The fourth-order valence-corrected chi connectivity index (χ4v) is 2.43. The maximum absolute atomic E-state index is 12.4. The first-order valence-corrected chi connectivity index (χ1v) is 7.36. The number of anilines is 1. The van der Waals surface area contributed by atoms with Crippen LogP contribution < -0.4 is 14.4 Å². The molecule has 2 rings (SSSR count). The molecule has 1 unspecified atom stereocenters. The maximum atomic E-state index is 12.4. The van der Waals surface area contributed by atoms with Gasteiger partial charge in [-0.15, -0.1) is 0 Å². The first-order chi connectivity index (χ1) is 9.97. The van der Waals surface area contributed by atoms with Gasteiger partial charge in [-0.3, -0.25) is 4.79 Å². The molecule has 0 fully saturated rings. The average Bonchev–Trinajstić information content (AvgIpc) is 2.44. The average molecular weight is 293 g/mol. The number of hydrogen-bond acceptors (Lipinski definition) is 4. The SMILES string of the molecule is CCOc1cc(CO)cc2c1OC(C)C(=O)N2CC(C)C. The van der Waals surface area contributed by atoms with Crippen LogP contribution in [0.25, 0.3) is 0 Å². The molecule has 0 bridgehead atoms. The molecule has 1 aliphatic heterocycles. The summed E-state index contributed by atoms with van der Waals surface area (Å²) in [4.78, 5) is 14.1. The van der Waals surface area contributed by atoms with Crippen LogP contribution >= 0.6 is 0 Å². The number of rotatable bonds is 5. The van der Waals surface area contributed by atoms with Crippen LogP contribution in [0, 0.1) is 5.92 Å². The van der Waals surface area contributed by atoms with E-state index in [0.29, 0.717) is 41.8 Å². The number of aliphatic hydroxyl groups is 1. The van der Waals surface area contributed by atoms with Gasteiger partial charge in [0, 0.05) is 6.54 Å². The molecule has 1 atom stereocenters. The van der Waals surface area contributed by atoms with Crippen molar-refractivity contribution < 1.29 is 19.4 Å². The summed E-state index contributed by atoms with van der Waals surface area (Å²) in [6.45, 7) is 8.76. The molecule has 0 saturated carbocycles. The van der Waals surface area contributed by atoms with Gasteiger partial charge in [-0.05, 0) is 37.5 Å². The van der Waals surface area contributed by atoms with Crippen LogP contribution in [0.15, 0.2) is 12.1 Å². The van der Waals surface area contributed by atoms with E-state index >= 15 is 0 Å². The van der Waals surface area contributed by atoms with Crippen molar-refractivity contribution in [3.8, 4) is 11.5 Å². The van der Waals surface area contributed by atoms with Crippen LogP contribution in [-0.2, 0) is 11.4 Å². The maximum Gasteiger partial charge on any atom is 0.267 e. The summed E-state index contributed by atoms with van der Waals surface area (Å²) in [6, 6.07) is 3.56. The third-order valence-electron chi connectivity index (χ3n) is 3.32. The molecule has 0 radical (unpaired) electrons. The number of amides is 1. The minimum absolute atomic E-state index is 0.0614. The standard InChI is InChI=1S/C16H23NO4/c1-5-20-14-7-12(9-18)6-13-15(14)21-11(4)16(19)17(13)8-10(2)3/h6-7,10-11,18H,5,8-9H2,1-4H3. The monoisotopic (exact) mass is 293 g/mol. The van der Waals surface area contributed by atoms with Crippen LogP contribution in [0.4, 0.5) is 5.69 Å². The van der Waals surface area contributed by atoms with Crippen LogP contribution in [0.5, 0.6) is 11.5 Å². The number of aliphatic hydroxyl groups excluding tert-OH is 1. The van der Waals surface area contributed by atoms with Crippen molar-refractivity contribution in [2.24, 2.45) is 5.92 Å². The summed E-state index contributed by atoms with van der Waals surface area (Å²) < 4.78 is 11.4. The highest BCUT2D eigenvalue weighted by molar-refractivity contribution is 6.00. The highest BCUT2D eigenvalue weighted by Gasteiger charge is 2.34. The van der Waals surface area contributed by atoms with Crippen molar-refractivity contribution in [3.05, 3.63) is 17.7 Å². The Morgan fingerprint density at radius 2 is 2.14 bits per heavy atom. The molecule has 0 saturated heterocycles. The zero-order valence-corrected chi connectivity index (χ0v) is 13.0. The highest BCUT2D eigenvalue weighted by atomic mass is 16.5. The molecule has 5 heteroatoms. The molecule has 1 aromatic rings. The van der Waals surface area contributed by atoms with Crippen molar-refractivity contribution >= 4 is 11.6 Å². The largest absolute Gasteiger partial charge is 0.490 e. The Bertz CT molecular complexity index is 527. The molecule has 0 aromatic heterocycles. The molecule has 1 N–H and O–H groups in total. The van der Waals surface area contributed by atoms with Crippen molar-refractivity contribution in [2.45, 2.75) is 40.4 Å². The van der Waals surface area contributed by atoms with E-state index in [4.69, 9.17) is 9.47 Å². The van der Waals surface area contributed by atoms with E-state index < -0.39 is 6.10 Å². The van der Waals surface area contributed by atoms with Gasteiger partial charge in [0.15, 0.2) is 17.6 Å². The first kappa shape index (κ1) is 15.6. The molecule has 116 valence electrons. The zero-order chi connectivity index (χ0) is 15.6. The third-order valence-corrected chi connectivity index (χ3v) is 3.32. The predicted octanol–water partition coefficient (Wildman–Crippen LogP) is 2.35. The summed E-state index contributed by atoms with van der Waals surface area (Å²) in [7, 11) is 0. The normalized spacial score (nSPS) is 17.7. The van der Waals surface area contributed by atoms with Crippen LogP contribution in [0.1, 0.15) is 33.3 Å². The lowest BCUT2D eigenvalue weighted by molar-refractivity contribution is -0.125. The van der Waals surface area contributed by atoms with Gasteiger partial charge in [0.1, 0.15) is 0 Å². The van der Waals surface area contributed by atoms with E-state index in [9.17, 15) is 9.90 Å². The quantitative estimate of drug-likeness (QED) is 0.905. The van der Waals surface area contributed by atoms with E-state index in [1.54, 1.807) is 24.0 Å². The van der Waals surface area contributed by atoms with Gasteiger partial charge in [0.2, 0.25) is 0 Å². The summed E-state index contributed by atoms with van der Waals surface area (Å²) in [5.74, 6) is 1.43. The lowest BCUT2D eigenvalue weighted by Gasteiger charge is -2.35. The van der Waals surface area contributed by atoms with Gasteiger partial charge < -0.3 is 19.5 Å². The smallest absolute Gasteiger partial charge is 0.267 e. The van der Waals surface area contributed by atoms with E-state index in [1.165, 1.54) is 0 Å². The predicted molar refractivity (Wildman–Crippen MR) is 80.8 cm³/mol. The number of ether oxygens (including phenoxy) is 2. The summed E-state index contributed by atoms with van der Waals surface area (Å²) >= 11 is 0. The fourth-order valence-electron chi connectivity index (χ4n) is 2.43. The first-order valence-electron chi connectivity index (χ1n) is 7.36. The lowest BCUT2D eigenvalue weighted by Crippen LogP contribution is -2.46. The fraction of sp³-hybridized carbons (Fsp3) is 0.562. The van der Waals surface area contributed by atoms with Crippen molar-refractivity contribution in [1.29, 1.82) is 0 Å². The molecule has 1 amide bonds. The summed E-state index contributed by atoms with van der Waals surface area (Å²) in [5, 5.41) is 9.42. The second kappa shape index (κ2) is 6.35. The summed E-state index contributed by atoms with van der Waals surface area (Å²) in [6.07, 6.45) is -0.532. The van der Waals surface area contributed by atoms with Crippen LogP contribution in [0.3, 0.4) is 0 Å². The Morgan fingerprint density at radius 1 is 1.43 bits per heavy atom. The Kier molecular flexibility index (Phi) is 4.73. The number of benzene rings is 1. The molecule has 1 aliphatic rings. The molecule has 1 heterocycles. The van der Waals surface area contributed by atoms with Gasteiger partial charge in [-0.25, -0.2) is 0 Å². The molecule has 0 aliphatic carbocycles. The van der Waals surface area contributed by atoms with E-state index in [1.807, 2.05) is 6.92 Å². The summed E-state index contributed by atoms with van der Waals surface area (Å²) in [5.41, 5.74) is 1.39. The van der Waals surface area contributed by atoms with Crippen molar-refractivity contribution in [2.75, 3.05) is 18.1 Å². The van der Waals surface area contributed by atoms with Gasteiger partial charge >= 0.3 is 0 Å². The van der Waals surface area contributed by atoms with Crippen LogP contribution in [0.2, 0.25) is 0 Å². The van der Waals surface area contributed by atoms with Crippen LogP contribution in [-0.4, -0.2) is 30.3 Å². The number of carbonyl (C=O) groups is 1. The Morgan fingerprint density at radius 3 is 2.71 bits per heavy atom. The molecular weight excluding hydrogens is 270 g/mol. The van der Waals surface area contributed by atoms with E-state index in [0.717, 1.165) is 0 Å². The molecule has 21 heavy (non-hydrogen) atoms. The Hall–Kier alpha value is -1.75. The minimum Gasteiger partial charge on any atom is -0.490 e. The second-order valence-corrected chi connectivity index (χ2v) is 5.64. The van der Waals surface area contributed by atoms with Gasteiger partial charge in [0.25, 0.3) is 5.91 Å². The second-order valence-electron chi connectivity index (χ2n) is 5.64. The molecule has 0 spiro atoms. The molecular formula is C16H23NO4. The van der Waals surface area contributed by atoms with E-state index in [2.05, 4.69) is 13.8 Å². The number of carbonyl (C=O) groups excluding carboxylic acids is 1. The van der Waals surface area contributed by atoms with Gasteiger partial charge in [-0.2, -0.15) is 0 Å². The van der Waals surface area contributed by atoms with Crippen molar-refractivity contribution in [3.63, 3.8) is 0 Å². The third kappa shape index (κ3) is 3.13. The Balaban J connectivity index is 2.54. The minimum atomic E-state index is -0.532. The molecule has 5 nitrogen and oxygen atoms in total. The molecule has 1 aromatic carbocycles. The van der Waals surface area contributed by atoms with E-state index in [-0.39, 0.29) is 12.5 Å². The number of nitrogens with zero attached hydrogens (tertiary/aromatic N) is 1.